The summed E-state index contributed by atoms with van der Waals surface area (Å²) in [7, 11) is 0. The smallest absolute Gasteiger partial charge is 0.545 e. The molecule has 0 radical (unpaired) electrons. The first-order chi connectivity index (χ1) is 24.2. The minimum atomic E-state index is -1.48. The van der Waals surface area contributed by atoms with Gasteiger partial charge in [0.1, 0.15) is 0 Å². The second kappa shape index (κ2) is 19.2. The molecular formula is C45H58CoN3O4. The van der Waals surface area contributed by atoms with Crippen molar-refractivity contribution in [1.29, 1.82) is 0 Å². The predicted molar refractivity (Wildman–Crippen MR) is 215 cm³/mol. The van der Waals surface area contributed by atoms with Gasteiger partial charge in [0.2, 0.25) is 0 Å². The molecule has 0 spiro atoms. The number of aliphatic imine (C=N–C) groups is 2. The molecule has 0 atom stereocenters. The van der Waals surface area contributed by atoms with Crippen molar-refractivity contribution in [3.05, 3.63) is 110 Å². The maximum Gasteiger partial charge on any atom is 1.00 e. The largest absolute Gasteiger partial charge is 1.00 e. The fourth-order valence-corrected chi connectivity index (χ4v) is 6.27. The zero-order valence-electron chi connectivity index (χ0n) is 34.0. The van der Waals surface area contributed by atoms with Crippen LogP contribution in [0.15, 0.2) is 64.6 Å². The van der Waals surface area contributed by atoms with Crippen LogP contribution in [-0.4, -0.2) is 32.6 Å². The summed E-state index contributed by atoms with van der Waals surface area (Å²) in [5.74, 6) is -1.04. The average Bonchev–Trinajstić information content (AvgIpc) is 3.06. The summed E-state index contributed by atoms with van der Waals surface area (Å²) < 4.78 is 0. The van der Waals surface area contributed by atoms with Crippen molar-refractivity contribution in [3.8, 4) is 11.5 Å². The van der Waals surface area contributed by atoms with Crippen molar-refractivity contribution in [2.45, 2.75) is 127 Å². The normalized spacial score (nSPS) is 12.1. The summed E-state index contributed by atoms with van der Waals surface area (Å²) in [5.41, 5.74) is 13.7. The number of hydrogen-bond acceptors (Lipinski definition) is 7. The van der Waals surface area contributed by atoms with Crippen LogP contribution in [0.5, 0.6) is 11.5 Å². The summed E-state index contributed by atoms with van der Waals surface area (Å²) in [4.78, 5) is 26.1. The number of carbonyl (C=O) groups excluding carboxylic acids is 1. The van der Waals surface area contributed by atoms with Gasteiger partial charge >= 0.3 is 16.8 Å². The first-order valence-corrected chi connectivity index (χ1v) is 18.4. The van der Waals surface area contributed by atoms with E-state index in [1.165, 1.54) is 45.5 Å². The van der Waals surface area contributed by atoms with Gasteiger partial charge in [-0.25, -0.2) is 4.98 Å². The van der Waals surface area contributed by atoms with Crippen LogP contribution in [0.2, 0.25) is 0 Å². The van der Waals surface area contributed by atoms with Gasteiger partial charge in [-0.05, 0) is 103 Å². The number of aromatic carboxylic acids is 1. The Bertz CT molecular complexity index is 1810. The Kier molecular flexibility index (Phi) is 16.2. The number of pyridine rings is 1. The molecule has 53 heavy (non-hydrogen) atoms. The Morgan fingerprint density at radius 1 is 0.604 bits per heavy atom. The summed E-state index contributed by atoms with van der Waals surface area (Å²) in [5, 5.41) is 29.2. The van der Waals surface area contributed by atoms with E-state index in [2.05, 4.69) is 126 Å². The molecule has 0 unspecified atom stereocenters. The number of phenolic OH excluding ortho intramolecular Hbond substituents is 1. The number of hydrogen-bond donors (Lipinski definition) is 2. The van der Waals surface area contributed by atoms with E-state index in [0.717, 1.165) is 34.2 Å². The standard InChI is InChI=1S/C35H47N3.C10H12O4.Co/c1-20(2)28-16-24(9)17-29(21(3)4)34(28)36-26(11)32-14-13-15-33(38-32)27(12)37-35-30(22(5)6)18-25(10)19-31(35)23(7)8;1-5(2)6-3-4-7(11)9(12)8(6)10(13)14;/h13-23H,1-12H3;3-5,11-12H,1-2H3,(H,13,14);/q;;+1/p-1. The molecule has 286 valence electrons. The number of nitrogens with zero attached hydrogens (tertiary/aromatic N) is 3. The summed E-state index contributed by atoms with van der Waals surface area (Å²) >= 11 is 0. The molecule has 0 aliphatic rings. The maximum atomic E-state index is 10.7. The van der Waals surface area contributed by atoms with E-state index in [1.54, 1.807) is 13.8 Å². The van der Waals surface area contributed by atoms with Gasteiger partial charge in [0.25, 0.3) is 0 Å². The minimum absolute atomic E-state index is 0. The van der Waals surface area contributed by atoms with Gasteiger partial charge in [0.15, 0.2) is 11.5 Å². The molecule has 8 heteroatoms. The second-order valence-corrected chi connectivity index (χ2v) is 15.3. The van der Waals surface area contributed by atoms with Crippen molar-refractivity contribution in [2.24, 2.45) is 9.98 Å². The van der Waals surface area contributed by atoms with Crippen molar-refractivity contribution in [2.75, 3.05) is 0 Å². The maximum absolute atomic E-state index is 10.7. The van der Waals surface area contributed by atoms with Crippen LogP contribution in [0, 0.1) is 13.8 Å². The number of carboxylic acids is 1. The Morgan fingerprint density at radius 3 is 1.25 bits per heavy atom. The number of aromatic hydroxyl groups is 2. The molecule has 0 aliphatic carbocycles. The van der Waals surface area contributed by atoms with Gasteiger partial charge in [0, 0.05) is 5.56 Å². The number of carbonyl (C=O) groups is 1. The van der Waals surface area contributed by atoms with Crippen LogP contribution >= 0.6 is 0 Å². The first kappa shape index (κ1) is 44.9. The van der Waals surface area contributed by atoms with E-state index in [4.69, 9.17) is 20.1 Å². The zero-order chi connectivity index (χ0) is 39.2. The number of rotatable bonds is 10. The van der Waals surface area contributed by atoms with Crippen molar-refractivity contribution < 1.29 is 36.9 Å². The van der Waals surface area contributed by atoms with Crippen LogP contribution in [0.25, 0.3) is 0 Å². The fraction of sp³-hybridized carbons (Fsp3) is 0.422. The summed E-state index contributed by atoms with van der Waals surface area (Å²) in [6.45, 7) is 30.0. The number of aryl methyl sites for hydroxylation is 2. The topological polar surface area (TPSA) is 118 Å². The zero-order valence-corrected chi connectivity index (χ0v) is 35.0. The molecule has 0 bridgehead atoms. The summed E-state index contributed by atoms with van der Waals surface area (Å²) in [6, 6.07) is 18.0. The third kappa shape index (κ3) is 11.1. The number of phenols is 2. The summed E-state index contributed by atoms with van der Waals surface area (Å²) in [6.07, 6.45) is 0. The van der Waals surface area contributed by atoms with Gasteiger partial charge in [0.05, 0.1) is 40.2 Å². The Labute approximate surface area is 328 Å². The molecule has 0 aliphatic heterocycles. The van der Waals surface area contributed by atoms with Gasteiger partial charge in [-0.15, -0.1) is 0 Å². The Balaban J connectivity index is 0.000000545. The molecule has 4 aromatic rings. The van der Waals surface area contributed by atoms with Crippen molar-refractivity contribution in [1.82, 2.24) is 4.98 Å². The Morgan fingerprint density at radius 2 is 0.943 bits per heavy atom. The van der Waals surface area contributed by atoms with Crippen LogP contribution in [0.1, 0.15) is 173 Å². The number of benzene rings is 3. The van der Waals surface area contributed by atoms with Gasteiger partial charge in [-0.2, -0.15) is 0 Å². The van der Waals surface area contributed by atoms with Crippen LogP contribution in [0.4, 0.5) is 11.4 Å². The first-order valence-electron chi connectivity index (χ1n) is 18.4. The monoisotopic (exact) mass is 763 g/mol. The van der Waals surface area contributed by atoms with Gasteiger partial charge < -0.3 is 20.1 Å². The average molecular weight is 764 g/mol. The predicted octanol–water partition coefficient (Wildman–Crippen LogP) is 11.1. The minimum Gasteiger partial charge on any atom is -0.545 e. The fourth-order valence-electron chi connectivity index (χ4n) is 6.27. The molecule has 2 N–H and O–H groups in total. The van der Waals surface area contributed by atoms with Crippen molar-refractivity contribution in [3.63, 3.8) is 0 Å². The Hall–Kier alpha value is -4.27. The van der Waals surface area contributed by atoms with E-state index >= 15 is 0 Å². The molecule has 1 heterocycles. The molecular weight excluding hydrogens is 705 g/mol. The quantitative estimate of drug-likeness (QED) is 0.123. The molecule has 7 nitrogen and oxygen atoms in total. The van der Waals surface area contributed by atoms with Crippen LogP contribution < -0.4 is 5.11 Å². The third-order valence-corrected chi connectivity index (χ3v) is 9.18. The van der Waals surface area contributed by atoms with E-state index in [9.17, 15) is 15.0 Å². The van der Waals surface area contributed by atoms with Crippen LogP contribution in [-0.2, 0) is 16.8 Å². The molecule has 0 saturated carbocycles. The molecule has 0 saturated heterocycles. The second-order valence-electron chi connectivity index (χ2n) is 15.3. The number of aromatic nitrogens is 1. The van der Waals surface area contributed by atoms with Crippen molar-refractivity contribution >= 4 is 28.8 Å². The van der Waals surface area contributed by atoms with Crippen LogP contribution in [0.3, 0.4) is 0 Å². The molecule has 0 amide bonds. The SMILES string of the molecule is CC(=Nc1c(C(C)C)cc(C)cc1C(C)C)c1cccc(C(C)=Nc2c(C(C)C)cc(C)cc2C(C)C)n1.CC(C)c1ccc(O)c(O)c1C(=O)[O-].[Co+]. The van der Waals surface area contributed by atoms with E-state index in [1.807, 2.05) is 0 Å². The van der Waals surface area contributed by atoms with E-state index in [-0.39, 0.29) is 28.3 Å². The third-order valence-electron chi connectivity index (χ3n) is 9.18. The number of carboxylic acid groups (broad SMARTS) is 1. The molecule has 4 rings (SSSR count). The van der Waals surface area contributed by atoms with E-state index < -0.39 is 17.5 Å². The van der Waals surface area contributed by atoms with E-state index in [0.29, 0.717) is 29.2 Å². The van der Waals surface area contributed by atoms with Gasteiger partial charge in [-0.1, -0.05) is 117 Å². The molecule has 0 fully saturated rings. The molecule has 1 aromatic heterocycles. The van der Waals surface area contributed by atoms with Gasteiger partial charge in [-0.3, -0.25) is 9.98 Å². The molecule has 3 aromatic carbocycles.